The Morgan fingerprint density at radius 1 is 1.50 bits per heavy atom. The zero-order valence-electron chi connectivity index (χ0n) is 7.74. The molecule has 4 heteroatoms. The fourth-order valence-electron chi connectivity index (χ4n) is 1.15. The smallest absolute Gasteiger partial charge is 0.301 e. The number of halogens is 1. The van der Waals surface area contributed by atoms with Crippen LogP contribution in [0.1, 0.15) is 12.5 Å². The SMILES string of the molecule is C[C@@H](Cc1ccc(F)cc1)C(=O)OO. The van der Waals surface area contributed by atoms with Gasteiger partial charge >= 0.3 is 5.97 Å². The van der Waals surface area contributed by atoms with Gasteiger partial charge in [0, 0.05) is 0 Å². The maximum atomic E-state index is 12.5. The first-order chi connectivity index (χ1) is 6.63. The molecule has 3 nitrogen and oxygen atoms in total. The summed E-state index contributed by atoms with van der Waals surface area (Å²) in [6.07, 6.45) is 0.416. The fourth-order valence-corrected chi connectivity index (χ4v) is 1.15. The normalized spacial score (nSPS) is 12.2. The molecule has 14 heavy (non-hydrogen) atoms. The van der Waals surface area contributed by atoms with Gasteiger partial charge in [0.05, 0.1) is 5.92 Å². The first kappa shape index (κ1) is 10.7. The summed E-state index contributed by atoms with van der Waals surface area (Å²) >= 11 is 0. The second-order valence-electron chi connectivity index (χ2n) is 3.14. The van der Waals surface area contributed by atoms with Crippen LogP contribution in [0.15, 0.2) is 24.3 Å². The van der Waals surface area contributed by atoms with Gasteiger partial charge in [-0.15, -0.1) is 0 Å². The van der Waals surface area contributed by atoms with Crippen LogP contribution in [-0.4, -0.2) is 11.2 Å². The molecular weight excluding hydrogens is 187 g/mol. The Hall–Kier alpha value is -1.42. The molecule has 1 aromatic carbocycles. The quantitative estimate of drug-likeness (QED) is 0.597. The van der Waals surface area contributed by atoms with Gasteiger partial charge in [-0.3, -0.25) is 0 Å². The molecule has 0 saturated carbocycles. The number of rotatable bonds is 3. The molecule has 0 aliphatic heterocycles. The highest BCUT2D eigenvalue weighted by atomic mass is 19.1. The van der Waals surface area contributed by atoms with E-state index in [1.807, 2.05) is 0 Å². The van der Waals surface area contributed by atoms with Crippen LogP contribution in [0.2, 0.25) is 0 Å². The van der Waals surface area contributed by atoms with E-state index in [1.54, 1.807) is 19.1 Å². The number of carbonyl (C=O) groups excluding carboxylic acids is 1. The Balaban J connectivity index is 2.60. The largest absolute Gasteiger partial charge is 0.345 e. The number of hydrogen-bond acceptors (Lipinski definition) is 3. The number of hydrogen-bond donors (Lipinski definition) is 1. The summed E-state index contributed by atoms with van der Waals surface area (Å²) < 4.78 is 12.5. The van der Waals surface area contributed by atoms with Crippen LogP contribution in [0.3, 0.4) is 0 Å². The van der Waals surface area contributed by atoms with Crippen molar-refractivity contribution in [3.8, 4) is 0 Å². The summed E-state index contributed by atoms with van der Waals surface area (Å²) in [6, 6.07) is 5.84. The van der Waals surface area contributed by atoms with E-state index in [1.165, 1.54) is 12.1 Å². The Bertz CT molecular complexity index is 308. The Morgan fingerprint density at radius 3 is 2.57 bits per heavy atom. The van der Waals surface area contributed by atoms with Gasteiger partial charge in [-0.1, -0.05) is 19.1 Å². The molecular formula is C10H11FO3. The standard InChI is InChI=1S/C10H11FO3/c1-7(10(12)14-13)6-8-2-4-9(11)5-3-8/h2-5,7,13H,6H2,1H3/t7-/m0/s1. The lowest BCUT2D eigenvalue weighted by atomic mass is 10.0. The number of benzene rings is 1. The van der Waals surface area contributed by atoms with Crippen molar-refractivity contribution in [3.05, 3.63) is 35.6 Å². The van der Waals surface area contributed by atoms with Crippen molar-refractivity contribution >= 4 is 5.97 Å². The van der Waals surface area contributed by atoms with Crippen LogP contribution in [0.25, 0.3) is 0 Å². The third-order valence-corrected chi connectivity index (χ3v) is 1.95. The van der Waals surface area contributed by atoms with Crippen molar-refractivity contribution < 1.29 is 19.3 Å². The van der Waals surface area contributed by atoms with Crippen molar-refractivity contribution in [1.29, 1.82) is 0 Å². The summed E-state index contributed by atoms with van der Waals surface area (Å²) in [4.78, 5) is 14.4. The van der Waals surface area contributed by atoms with Gasteiger partial charge in [-0.2, -0.15) is 5.26 Å². The van der Waals surface area contributed by atoms with Gasteiger partial charge in [0.15, 0.2) is 0 Å². The highest BCUT2D eigenvalue weighted by molar-refractivity contribution is 5.71. The van der Waals surface area contributed by atoms with Crippen LogP contribution >= 0.6 is 0 Å². The molecule has 1 N–H and O–H groups in total. The minimum absolute atomic E-state index is 0.314. The fraction of sp³-hybridized carbons (Fsp3) is 0.300. The van der Waals surface area contributed by atoms with Gasteiger partial charge in [-0.05, 0) is 24.1 Å². The number of carbonyl (C=O) groups is 1. The maximum absolute atomic E-state index is 12.5. The zero-order valence-corrected chi connectivity index (χ0v) is 7.74. The van der Waals surface area contributed by atoms with Crippen molar-refractivity contribution in [2.45, 2.75) is 13.3 Å². The van der Waals surface area contributed by atoms with E-state index in [0.717, 1.165) is 5.56 Å². The van der Waals surface area contributed by atoms with Crippen molar-refractivity contribution in [3.63, 3.8) is 0 Å². The van der Waals surface area contributed by atoms with E-state index in [-0.39, 0.29) is 5.82 Å². The molecule has 0 heterocycles. The molecule has 0 unspecified atom stereocenters. The first-order valence-corrected chi connectivity index (χ1v) is 4.23. The molecule has 1 atom stereocenters. The Labute approximate surface area is 81.1 Å². The zero-order chi connectivity index (χ0) is 10.6. The highest BCUT2D eigenvalue weighted by Crippen LogP contribution is 2.10. The minimum Gasteiger partial charge on any atom is -0.301 e. The molecule has 0 spiro atoms. The summed E-state index contributed by atoms with van der Waals surface area (Å²) in [5.41, 5.74) is 0.823. The third kappa shape index (κ3) is 2.81. The van der Waals surface area contributed by atoms with Crippen molar-refractivity contribution in [1.82, 2.24) is 0 Å². The molecule has 0 aliphatic carbocycles. The lowest BCUT2D eigenvalue weighted by Gasteiger charge is -2.06. The van der Waals surface area contributed by atoms with Gasteiger partial charge < -0.3 is 4.89 Å². The van der Waals surface area contributed by atoms with E-state index in [9.17, 15) is 9.18 Å². The van der Waals surface area contributed by atoms with Crippen molar-refractivity contribution in [2.75, 3.05) is 0 Å². The second-order valence-corrected chi connectivity index (χ2v) is 3.14. The van der Waals surface area contributed by atoms with Crippen molar-refractivity contribution in [2.24, 2.45) is 5.92 Å². The summed E-state index contributed by atoms with van der Waals surface area (Å²) in [5.74, 6) is -1.44. The van der Waals surface area contributed by atoms with Crippen LogP contribution in [0.5, 0.6) is 0 Å². The van der Waals surface area contributed by atoms with E-state index in [2.05, 4.69) is 4.89 Å². The van der Waals surface area contributed by atoms with Crippen LogP contribution < -0.4 is 0 Å². The topological polar surface area (TPSA) is 46.5 Å². The molecule has 1 rings (SSSR count). The molecule has 76 valence electrons. The molecule has 0 amide bonds. The summed E-state index contributed by atoms with van der Waals surface area (Å²) in [7, 11) is 0. The van der Waals surface area contributed by atoms with Crippen LogP contribution in [0.4, 0.5) is 4.39 Å². The molecule has 0 saturated heterocycles. The molecule has 0 radical (unpaired) electrons. The summed E-state index contributed by atoms with van der Waals surface area (Å²) in [5, 5.41) is 8.12. The average Bonchev–Trinajstić information content (AvgIpc) is 2.20. The lowest BCUT2D eigenvalue weighted by Crippen LogP contribution is -2.15. The highest BCUT2D eigenvalue weighted by Gasteiger charge is 2.14. The minimum atomic E-state index is -0.686. The summed E-state index contributed by atoms with van der Waals surface area (Å²) in [6.45, 7) is 1.63. The second kappa shape index (κ2) is 4.72. The molecule has 0 aromatic heterocycles. The molecule has 0 fully saturated rings. The first-order valence-electron chi connectivity index (χ1n) is 4.23. The van der Waals surface area contributed by atoms with Gasteiger partial charge in [0.2, 0.25) is 0 Å². The van der Waals surface area contributed by atoms with Gasteiger partial charge in [0.25, 0.3) is 0 Å². The van der Waals surface area contributed by atoms with Crippen LogP contribution in [-0.2, 0) is 16.1 Å². The predicted octanol–water partition coefficient (Wildman–Crippen LogP) is 2.02. The lowest BCUT2D eigenvalue weighted by molar-refractivity contribution is -0.238. The van der Waals surface area contributed by atoms with Gasteiger partial charge in [-0.25, -0.2) is 9.18 Å². The Morgan fingerprint density at radius 2 is 2.07 bits per heavy atom. The van der Waals surface area contributed by atoms with E-state index < -0.39 is 11.9 Å². The monoisotopic (exact) mass is 198 g/mol. The average molecular weight is 198 g/mol. The molecule has 1 aromatic rings. The van der Waals surface area contributed by atoms with E-state index >= 15 is 0 Å². The Kier molecular flexibility index (Phi) is 3.59. The molecule has 0 bridgehead atoms. The van der Waals surface area contributed by atoms with Crippen LogP contribution in [0, 0.1) is 11.7 Å². The van der Waals surface area contributed by atoms with E-state index in [4.69, 9.17) is 5.26 Å². The molecule has 0 aliphatic rings. The van der Waals surface area contributed by atoms with E-state index in [0.29, 0.717) is 6.42 Å². The maximum Gasteiger partial charge on any atom is 0.345 e. The third-order valence-electron chi connectivity index (χ3n) is 1.95. The predicted molar refractivity (Wildman–Crippen MR) is 48.0 cm³/mol. The van der Waals surface area contributed by atoms with Gasteiger partial charge in [0.1, 0.15) is 5.82 Å².